The maximum Gasteiger partial charge on any atom is 0.410 e. The number of carbonyl (C=O) groups is 1. The van der Waals surface area contributed by atoms with Crippen LogP contribution in [-0.2, 0) is 4.74 Å². The van der Waals surface area contributed by atoms with Crippen LogP contribution < -0.4 is 4.90 Å². The minimum atomic E-state index is -0.442. The molecule has 0 spiro atoms. The van der Waals surface area contributed by atoms with Crippen LogP contribution in [0.25, 0.3) is 0 Å². The number of aromatic nitrogens is 1. The lowest BCUT2D eigenvalue weighted by molar-refractivity contribution is 0.0268. The lowest BCUT2D eigenvalue weighted by Gasteiger charge is -2.27. The van der Waals surface area contributed by atoms with Crippen molar-refractivity contribution in [1.29, 1.82) is 0 Å². The number of ether oxygens (including phenoxy) is 1. The Morgan fingerprint density at radius 2 is 2.00 bits per heavy atom. The van der Waals surface area contributed by atoms with E-state index in [9.17, 15) is 4.79 Å². The predicted molar refractivity (Wildman–Crippen MR) is 88.9 cm³/mol. The summed E-state index contributed by atoms with van der Waals surface area (Å²) in [5, 5.41) is 0. The van der Waals surface area contributed by atoms with Crippen LogP contribution in [0, 0.1) is 11.8 Å². The number of fused-ring (bicyclic) bond motifs is 1. The van der Waals surface area contributed by atoms with Gasteiger partial charge >= 0.3 is 6.09 Å². The van der Waals surface area contributed by atoms with E-state index in [2.05, 4.69) is 25.8 Å². The van der Waals surface area contributed by atoms with Gasteiger partial charge in [0.05, 0.1) is 0 Å². The van der Waals surface area contributed by atoms with Gasteiger partial charge in [-0.15, -0.1) is 0 Å². The zero-order chi connectivity index (χ0) is 16.1. The number of rotatable bonds is 2. The summed E-state index contributed by atoms with van der Waals surface area (Å²) in [7, 11) is 1.85. The maximum absolute atomic E-state index is 12.1. The molecule has 2 aliphatic rings. The summed E-state index contributed by atoms with van der Waals surface area (Å²) in [5.74, 6) is 2.07. The van der Waals surface area contributed by atoms with Gasteiger partial charge in [0.1, 0.15) is 11.4 Å². The molecular weight excluding hydrogens is 346 g/mol. The first-order valence-corrected chi connectivity index (χ1v) is 8.38. The summed E-state index contributed by atoms with van der Waals surface area (Å²) in [4.78, 5) is 20.6. The molecule has 3 atom stereocenters. The van der Waals surface area contributed by atoms with Crippen LogP contribution >= 0.6 is 15.9 Å². The summed E-state index contributed by atoms with van der Waals surface area (Å²) in [6.45, 7) is 7.60. The van der Waals surface area contributed by atoms with Gasteiger partial charge in [0.15, 0.2) is 0 Å². The highest BCUT2D eigenvalue weighted by molar-refractivity contribution is 9.10. The molecule has 3 rings (SSSR count). The summed E-state index contributed by atoms with van der Waals surface area (Å²) in [6.07, 6.45) is 1.60. The van der Waals surface area contributed by atoms with Gasteiger partial charge in [-0.05, 0) is 48.8 Å². The average Bonchev–Trinajstić information content (AvgIpc) is 2.90. The molecule has 1 aromatic rings. The Balaban J connectivity index is 1.56. The third-order valence-corrected chi connectivity index (χ3v) is 4.78. The molecule has 1 aliphatic carbocycles. The van der Waals surface area contributed by atoms with Crippen LogP contribution in [0.15, 0.2) is 22.8 Å². The third kappa shape index (κ3) is 3.07. The molecule has 5 nitrogen and oxygen atoms in total. The molecule has 1 aliphatic heterocycles. The first-order chi connectivity index (χ1) is 10.3. The number of anilines is 1. The van der Waals surface area contributed by atoms with Crippen LogP contribution in [0.5, 0.6) is 0 Å². The van der Waals surface area contributed by atoms with E-state index in [0.29, 0.717) is 17.9 Å². The lowest BCUT2D eigenvalue weighted by Crippen LogP contribution is -2.39. The van der Waals surface area contributed by atoms with E-state index in [1.54, 1.807) is 4.90 Å². The van der Waals surface area contributed by atoms with Crippen LogP contribution in [0.3, 0.4) is 0 Å². The molecule has 1 saturated carbocycles. The Bertz CT molecular complexity index is 558. The molecule has 22 heavy (non-hydrogen) atoms. The van der Waals surface area contributed by atoms with Gasteiger partial charge in [0, 0.05) is 48.7 Å². The van der Waals surface area contributed by atoms with Crippen molar-refractivity contribution in [2.24, 2.45) is 11.8 Å². The molecule has 0 N–H and O–H groups in total. The van der Waals surface area contributed by atoms with Gasteiger partial charge < -0.3 is 14.5 Å². The van der Waals surface area contributed by atoms with E-state index in [1.165, 1.54) is 0 Å². The van der Waals surface area contributed by atoms with E-state index in [1.807, 2.05) is 46.1 Å². The highest BCUT2D eigenvalue weighted by atomic mass is 79.9. The van der Waals surface area contributed by atoms with Crippen LogP contribution in [0.4, 0.5) is 10.6 Å². The summed E-state index contributed by atoms with van der Waals surface area (Å²) in [6, 6.07) is 4.35. The molecule has 0 aromatic carbocycles. The molecule has 1 aromatic heterocycles. The van der Waals surface area contributed by atoms with Gasteiger partial charge in [-0.1, -0.05) is 0 Å². The zero-order valence-electron chi connectivity index (χ0n) is 13.4. The van der Waals surface area contributed by atoms with E-state index < -0.39 is 5.60 Å². The molecule has 1 amide bonds. The molecule has 2 fully saturated rings. The Morgan fingerprint density at radius 3 is 2.50 bits per heavy atom. The quantitative estimate of drug-likeness (QED) is 0.805. The van der Waals surface area contributed by atoms with Crippen LogP contribution in [0.1, 0.15) is 20.8 Å². The van der Waals surface area contributed by atoms with Crippen LogP contribution in [0.2, 0.25) is 0 Å². The zero-order valence-corrected chi connectivity index (χ0v) is 15.0. The summed E-state index contributed by atoms with van der Waals surface area (Å²) in [5.41, 5.74) is -0.442. The Labute approximate surface area is 139 Å². The highest BCUT2D eigenvalue weighted by Gasteiger charge is 2.59. The van der Waals surface area contributed by atoms with Crippen molar-refractivity contribution in [2.75, 3.05) is 25.0 Å². The highest BCUT2D eigenvalue weighted by Crippen LogP contribution is 2.49. The molecule has 0 radical (unpaired) electrons. The van der Waals surface area contributed by atoms with Crippen molar-refractivity contribution in [3.05, 3.63) is 22.8 Å². The number of carbonyl (C=O) groups excluding carboxylic acids is 1. The third-order valence-electron chi connectivity index (χ3n) is 4.31. The molecule has 0 unspecified atom stereocenters. The molecule has 6 heteroatoms. The number of halogens is 1. The van der Waals surface area contributed by atoms with Crippen molar-refractivity contribution >= 4 is 27.8 Å². The average molecular weight is 368 g/mol. The number of hydrogen-bond acceptors (Lipinski definition) is 4. The number of piperidine rings is 1. The first-order valence-electron chi connectivity index (χ1n) is 7.58. The minimum Gasteiger partial charge on any atom is -0.444 e. The van der Waals surface area contributed by atoms with Gasteiger partial charge in [0.25, 0.3) is 0 Å². The van der Waals surface area contributed by atoms with E-state index >= 15 is 0 Å². The monoisotopic (exact) mass is 367 g/mol. The van der Waals surface area contributed by atoms with Crippen molar-refractivity contribution < 1.29 is 9.53 Å². The molecule has 0 bridgehead atoms. The predicted octanol–water partition coefficient (Wildman–Crippen LogP) is 3.15. The van der Waals surface area contributed by atoms with E-state index in [-0.39, 0.29) is 6.09 Å². The molecule has 1 saturated heterocycles. The summed E-state index contributed by atoms with van der Waals surface area (Å²) < 4.78 is 6.44. The normalized spacial score (nSPS) is 26.6. The van der Waals surface area contributed by atoms with E-state index in [0.717, 1.165) is 23.4 Å². The Morgan fingerprint density at radius 1 is 1.36 bits per heavy atom. The second-order valence-corrected chi connectivity index (χ2v) is 8.06. The first kappa shape index (κ1) is 15.6. The topological polar surface area (TPSA) is 45.7 Å². The maximum atomic E-state index is 12.1. The van der Waals surface area contributed by atoms with Crippen molar-refractivity contribution in [1.82, 2.24) is 9.88 Å². The minimum absolute atomic E-state index is 0.222. The van der Waals surface area contributed by atoms with Gasteiger partial charge in [-0.3, -0.25) is 0 Å². The number of hydrogen-bond donors (Lipinski definition) is 0. The fourth-order valence-electron chi connectivity index (χ4n) is 3.27. The lowest BCUT2D eigenvalue weighted by atomic mass is 10.2. The van der Waals surface area contributed by atoms with Crippen molar-refractivity contribution in [3.8, 4) is 0 Å². The largest absolute Gasteiger partial charge is 0.444 e. The smallest absolute Gasteiger partial charge is 0.410 e. The Hall–Kier alpha value is -1.30. The van der Waals surface area contributed by atoms with Gasteiger partial charge in [-0.2, -0.15) is 0 Å². The van der Waals surface area contributed by atoms with Crippen molar-refractivity contribution in [3.63, 3.8) is 0 Å². The van der Waals surface area contributed by atoms with Crippen LogP contribution in [-0.4, -0.2) is 47.8 Å². The summed E-state index contributed by atoms with van der Waals surface area (Å²) >= 11 is 3.40. The fraction of sp³-hybridized carbons (Fsp3) is 0.625. The molecule has 120 valence electrons. The number of nitrogens with zero attached hydrogens (tertiary/aromatic N) is 3. The van der Waals surface area contributed by atoms with Crippen molar-refractivity contribution in [2.45, 2.75) is 32.4 Å². The van der Waals surface area contributed by atoms with Gasteiger partial charge in [-0.25, -0.2) is 9.78 Å². The van der Waals surface area contributed by atoms with Gasteiger partial charge in [0.2, 0.25) is 0 Å². The second-order valence-electron chi connectivity index (χ2n) is 7.15. The molecular formula is C16H22BrN3O2. The fourth-order valence-corrected chi connectivity index (χ4v) is 3.50. The number of pyridine rings is 1. The van der Waals surface area contributed by atoms with E-state index in [4.69, 9.17) is 4.74 Å². The standard InChI is InChI=1S/C16H22BrN3O2/c1-16(2,3)22-15(21)19(4)14-11-8-20(9-12(11)14)13-6-5-10(17)7-18-13/h5-7,11-12,14H,8-9H2,1-4H3/t11-,12+,14+. The Kier molecular flexibility index (Phi) is 3.83. The SMILES string of the molecule is CN(C(=O)OC(C)(C)C)[C@H]1[C@@H]2CN(c3ccc(Br)cn3)C[C@@H]21. The molecule has 2 heterocycles. The number of amides is 1. The second kappa shape index (κ2) is 5.41.